The van der Waals surface area contributed by atoms with Crippen molar-refractivity contribution in [3.63, 3.8) is 0 Å². The average molecular weight is 936 g/mol. The molecule has 2 rings (SSSR count). The Kier molecular flexibility index (Phi) is 34.6. The van der Waals surface area contributed by atoms with Gasteiger partial charge in [0.05, 0.1) is 32.0 Å². The predicted octanol–water partition coefficient (Wildman–Crippen LogP) is 6.43. The molecule has 12 unspecified atom stereocenters. The summed E-state index contributed by atoms with van der Waals surface area (Å²) in [7, 11) is 0. The van der Waals surface area contributed by atoms with Gasteiger partial charge in [0.15, 0.2) is 12.6 Å². The summed E-state index contributed by atoms with van der Waals surface area (Å²) in [6, 6.07) is -0.927. The minimum Gasteiger partial charge on any atom is -0.394 e. The van der Waals surface area contributed by atoms with Crippen molar-refractivity contribution in [1.82, 2.24) is 5.32 Å². The minimum atomic E-state index is -1.79. The molecule has 2 heterocycles. The number of amides is 1. The third-order valence-electron chi connectivity index (χ3n) is 11.9. The molecule has 0 aliphatic carbocycles. The molecule has 0 spiro atoms. The molecule has 1 amide bonds. The van der Waals surface area contributed by atoms with Gasteiger partial charge < -0.3 is 65.1 Å². The predicted molar refractivity (Wildman–Crippen MR) is 258 cm³/mol. The number of aliphatic hydroxyl groups is 8. The molecule has 2 saturated heterocycles. The highest BCUT2D eigenvalue weighted by molar-refractivity contribution is 5.76. The van der Waals surface area contributed by atoms with Gasteiger partial charge in [0.1, 0.15) is 48.8 Å². The van der Waals surface area contributed by atoms with E-state index in [4.69, 9.17) is 18.9 Å². The second-order valence-corrected chi connectivity index (χ2v) is 17.6. The van der Waals surface area contributed by atoms with Crippen molar-refractivity contribution >= 4 is 5.91 Å². The lowest BCUT2D eigenvalue weighted by atomic mass is 9.97. The van der Waals surface area contributed by atoms with Gasteiger partial charge in [-0.2, -0.15) is 0 Å². The quantitative estimate of drug-likeness (QED) is 0.0242. The molecule has 0 radical (unpaired) electrons. The molecule has 0 aromatic carbocycles. The zero-order valence-corrected chi connectivity index (χ0v) is 40.2. The summed E-state index contributed by atoms with van der Waals surface area (Å²) < 4.78 is 22.6. The van der Waals surface area contributed by atoms with Crippen LogP contribution in [0.15, 0.2) is 72.9 Å². The minimum absolute atomic E-state index is 0.255. The van der Waals surface area contributed by atoms with Gasteiger partial charge in [-0.3, -0.25) is 4.79 Å². The van der Waals surface area contributed by atoms with Crippen LogP contribution in [0.4, 0.5) is 0 Å². The summed E-state index contributed by atoms with van der Waals surface area (Å²) >= 11 is 0. The molecular weight excluding hydrogens is 847 g/mol. The molecule has 2 fully saturated rings. The Morgan fingerprint density at radius 3 is 1.61 bits per heavy atom. The standard InChI is InChI=1S/C52H89NO13/c1-3-5-7-9-11-13-15-16-17-18-19-20-21-22-23-24-26-28-30-32-34-36-44(57)53-40(41(56)35-33-31-29-27-25-14-12-10-8-6-4-2)39-63-51-49(62)47(60)50(43(38-55)65-51)66-52-48(61)46(59)45(58)42(37-54)64-52/h5,7,11,13,16-17,19-20,22-23,33,35,40-43,45-52,54-56,58-62H,3-4,6,8-10,12,14-15,18,21,24-32,34,36-39H2,1-2H3,(H,53,57)/b7-5-,13-11-,17-16-,20-19-,23-22-,35-33+. The van der Waals surface area contributed by atoms with Gasteiger partial charge >= 0.3 is 0 Å². The first-order chi connectivity index (χ1) is 32.1. The van der Waals surface area contributed by atoms with E-state index in [9.17, 15) is 45.6 Å². The Labute approximate surface area is 396 Å². The van der Waals surface area contributed by atoms with Crippen molar-refractivity contribution in [1.29, 1.82) is 0 Å². The average Bonchev–Trinajstić information content (AvgIpc) is 3.31. The maximum absolute atomic E-state index is 13.2. The molecule has 2 aliphatic rings. The fourth-order valence-corrected chi connectivity index (χ4v) is 7.79. The van der Waals surface area contributed by atoms with E-state index in [0.29, 0.717) is 6.42 Å². The Morgan fingerprint density at radius 2 is 1.05 bits per heavy atom. The molecule has 2 aliphatic heterocycles. The second-order valence-electron chi connectivity index (χ2n) is 17.6. The van der Waals surface area contributed by atoms with Crippen molar-refractivity contribution in [2.24, 2.45) is 0 Å². The van der Waals surface area contributed by atoms with Crippen molar-refractivity contribution in [2.45, 2.75) is 229 Å². The maximum Gasteiger partial charge on any atom is 0.220 e. The topological polar surface area (TPSA) is 228 Å². The van der Waals surface area contributed by atoms with Crippen LogP contribution in [-0.4, -0.2) is 140 Å². The van der Waals surface area contributed by atoms with Crippen LogP contribution >= 0.6 is 0 Å². The largest absolute Gasteiger partial charge is 0.394 e. The second kappa shape index (κ2) is 38.3. The number of rotatable bonds is 37. The number of carbonyl (C=O) groups is 1. The van der Waals surface area contributed by atoms with Crippen LogP contribution in [-0.2, 0) is 23.7 Å². The number of ether oxygens (including phenoxy) is 4. The van der Waals surface area contributed by atoms with Crippen LogP contribution in [0.5, 0.6) is 0 Å². The molecule has 14 heteroatoms. The molecular formula is C52H89NO13. The van der Waals surface area contributed by atoms with Crippen LogP contribution in [0.25, 0.3) is 0 Å². The van der Waals surface area contributed by atoms with E-state index >= 15 is 0 Å². The van der Waals surface area contributed by atoms with Crippen molar-refractivity contribution in [3.8, 4) is 0 Å². The molecule has 12 atom stereocenters. The Balaban J connectivity index is 1.83. The first kappa shape index (κ1) is 59.6. The lowest BCUT2D eigenvalue weighted by Gasteiger charge is -2.46. The van der Waals surface area contributed by atoms with Gasteiger partial charge in [0, 0.05) is 6.42 Å². The lowest BCUT2D eigenvalue weighted by molar-refractivity contribution is -0.359. The van der Waals surface area contributed by atoms with Crippen molar-refractivity contribution in [2.75, 3.05) is 19.8 Å². The monoisotopic (exact) mass is 936 g/mol. The van der Waals surface area contributed by atoms with Crippen molar-refractivity contribution in [3.05, 3.63) is 72.9 Å². The molecule has 66 heavy (non-hydrogen) atoms. The third kappa shape index (κ3) is 25.2. The molecule has 0 saturated carbocycles. The van der Waals surface area contributed by atoms with Gasteiger partial charge in [-0.25, -0.2) is 0 Å². The van der Waals surface area contributed by atoms with Crippen LogP contribution in [0.3, 0.4) is 0 Å². The van der Waals surface area contributed by atoms with E-state index in [1.165, 1.54) is 38.5 Å². The Bertz CT molecular complexity index is 1380. The summed E-state index contributed by atoms with van der Waals surface area (Å²) in [5.41, 5.74) is 0. The summed E-state index contributed by atoms with van der Waals surface area (Å²) in [6.45, 7) is 2.61. The van der Waals surface area contributed by atoms with Gasteiger partial charge in [-0.1, -0.05) is 157 Å². The summed E-state index contributed by atoms with van der Waals surface area (Å²) in [4.78, 5) is 13.2. The summed E-state index contributed by atoms with van der Waals surface area (Å²) in [5, 5.41) is 86.6. The molecule has 380 valence electrons. The van der Waals surface area contributed by atoms with Crippen molar-refractivity contribution < 1.29 is 64.6 Å². The number of allylic oxidation sites excluding steroid dienone is 11. The Morgan fingerprint density at radius 1 is 0.561 bits per heavy atom. The highest BCUT2D eigenvalue weighted by Gasteiger charge is 2.51. The molecule has 0 aromatic rings. The summed E-state index contributed by atoms with van der Waals surface area (Å²) in [6.07, 6.45) is 30.8. The van der Waals surface area contributed by atoms with Gasteiger partial charge in [-0.15, -0.1) is 0 Å². The zero-order valence-electron chi connectivity index (χ0n) is 40.2. The van der Waals surface area contributed by atoms with Crippen LogP contribution in [0, 0.1) is 0 Å². The van der Waals surface area contributed by atoms with Crippen LogP contribution < -0.4 is 5.32 Å². The smallest absolute Gasteiger partial charge is 0.220 e. The van der Waals surface area contributed by atoms with E-state index in [-0.39, 0.29) is 18.9 Å². The molecule has 9 N–H and O–H groups in total. The third-order valence-corrected chi connectivity index (χ3v) is 11.9. The van der Waals surface area contributed by atoms with E-state index in [1.54, 1.807) is 6.08 Å². The van der Waals surface area contributed by atoms with Crippen LogP contribution in [0.1, 0.15) is 155 Å². The number of unbranched alkanes of at least 4 members (excludes halogenated alkanes) is 14. The number of nitrogens with one attached hydrogen (secondary N) is 1. The lowest BCUT2D eigenvalue weighted by Crippen LogP contribution is -2.65. The van der Waals surface area contributed by atoms with E-state index in [0.717, 1.165) is 89.9 Å². The highest BCUT2D eigenvalue weighted by Crippen LogP contribution is 2.30. The van der Waals surface area contributed by atoms with E-state index < -0.39 is 86.8 Å². The summed E-state index contributed by atoms with van der Waals surface area (Å²) in [5.74, 6) is -0.264. The highest BCUT2D eigenvalue weighted by atomic mass is 16.7. The van der Waals surface area contributed by atoms with Crippen LogP contribution in [0.2, 0.25) is 0 Å². The Hall–Kier alpha value is -2.57. The fourth-order valence-electron chi connectivity index (χ4n) is 7.79. The molecule has 0 bridgehead atoms. The van der Waals surface area contributed by atoms with E-state index in [2.05, 4.69) is 79.9 Å². The first-order valence-electron chi connectivity index (χ1n) is 25.2. The molecule has 14 nitrogen and oxygen atoms in total. The number of carbonyl (C=O) groups excluding carboxylic acids is 1. The SMILES string of the molecule is CC/C=C\C/C=C\C/C=C\C/C=C\C/C=C\CCCCCCCC(=O)NC(COC1OC(CO)C(OC2OC(CO)C(O)C(O)C2O)C(O)C1O)C(O)/C=C/CCCCCCCCCCC. The molecule has 0 aromatic heterocycles. The normalized spacial score (nSPS) is 27.4. The first-order valence-corrected chi connectivity index (χ1v) is 25.2. The zero-order chi connectivity index (χ0) is 48.2. The van der Waals surface area contributed by atoms with Gasteiger partial charge in [-0.05, 0) is 64.2 Å². The number of hydrogen-bond donors (Lipinski definition) is 9. The maximum atomic E-state index is 13.2. The number of hydrogen-bond acceptors (Lipinski definition) is 13. The van der Waals surface area contributed by atoms with Gasteiger partial charge in [0.2, 0.25) is 5.91 Å². The van der Waals surface area contributed by atoms with Gasteiger partial charge in [0.25, 0.3) is 0 Å². The fraction of sp³-hybridized carbons (Fsp3) is 0.750. The number of aliphatic hydroxyl groups excluding tert-OH is 8. The van der Waals surface area contributed by atoms with E-state index in [1.807, 2.05) is 6.08 Å².